The number of hydrogen-bond acceptors (Lipinski definition) is 36. The molecule has 46 nitrogen and oxygen atoms in total. The first-order chi connectivity index (χ1) is 50.0. The van der Waals surface area contributed by atoms with Crippen LogP contribution in [-0.4, -0.2) is 350 Å². The number of amides is 9. The first-order valence-electron chi connectivity index (χ1n) is 33.6. The summed E-state index contributed by atoms with van der Waals surface area (Å²) in [6, 6.07) is -2.79. The van der Waals surface area contributed by atoms with Gasteiger partial charge in [-0.1, -0.05) is 0 Å². The monoisotopic (exact) mass is 1540 g/mol. The van der Waals surface area contributed by atoms with Crippen molar-refractivity contribution in [2.24, 2.45) is 11.7 Å². The summed E-state index contributed by atoms with van der Waals surface area (Å²) in [6.07, 6.45) is -36.1. The van der Waals surface area contributed by atoms with Gasteiger partial charge in [0.2, 0.25) is 41.4 Å². The third kappa shape index (κ3) is 25.4. The fraction of sp³-hybridized carbons (Fsp3) is 0.833. The molecular formula is C60H105N11O35. The number of nitrogens with one attached hydrogen (secondary N) is 9. The lowest BCUT2D eigenvalue weighted by atomic mass is 9.92. The Balaban J connectivity index is 0.000000341. The van der Waals surface area contributed by atoms with Crippen molar-refractivity contribution >= 4 is 59.1 Å². The summed E-state index contributed by atoms with van der Waals surface area (Å²) in [5.74, 6) is 3.36. The molecule has 6 rings (SSSR count). The maximum atomic E-state index is 12.8. The molecule has 26 N–H and O–H groups in total. The van der Waals surface area contributed by atoms with Crippen LogP contribution in [0, 0.1) is 0 Å². The normalized spacial score (nSPS) is 37.1. The third-order valence-corrected chi connectivity index (χ3v) is 17.7. The predicted molar refractivity (Wildman–Crippen MR) is 346 cm³/mol. The lowest BCUT2D eigenvalue weighted by Crippen LogP contribution is -2.68. The molecule has 0 radical (unpaired) electrons. The number of aliphatic carboxylic acids is 1. The van der Waals surface area contributed by atoms with Crippen LogP contribution in [-0.2, 0) is 105 Å². The van der Waals surface area contributed by atoms with Crippen LogP contribution >= 0.6 is 0 Å². The van der Waals surface area contributed by atoms with E-state index in [4.69, 9.17) is 68.5 Å². The van der Waals surface area contributed by atoms with Crippen molar-refractivity contribution < 1.29 is 171 Å². The van der Waals surface area contributed by atoms with Gasteiger partial charge in [0.1, 0.15) is 110 Å². The minimum absolute atomic E-state index is 0.0131. The van der Waals surface area contributed by atoms with Gasteiger partial charge in [-0.2, -0.15) is 0 Å². The Hall–Kier alpha value is -6.34. The van der Waals surface area contributed by atoms with Crippen LogP contribution in [0.1, 0.15) is 92.9 Å². The van der Waals surface area contributed by atoms with Gasteiger partial charge in [0, 0.05) is 67.8 Å². The highest BCUT2D eigenvalue weighted by atomic mass is 16.7. The topological polar surface area (TPSA) is 705 Å². The molecule has 6 saturated heterocycles. The summed E-state index contributed by atoms with van der Waals surface area (Å²) in [5.41, 5.74) is 12.6. The Morgan fingerprint density at radius 2 is 0.613 bits per heavy atom. The number of hydrazine groups is 4. The molecule has 610 valence electrons. The Morgan fingerprint density at radius 3 is 0.849 bits per heavy atom. The molecule has 0 aromatic carbocycles. The maximum Gasteiger partial charge on any atom is 0.335 e. The van der Waals surface area contributed by atoms with E-state index in [0.29, 0.717) is 25.7 Å². The quantitative estimate of drug-likeness (QED) is 0.0150. The van der Waals surface area contributed by atoms with E-state index in [1.54, 1.807) is 20.8 Å². The van der Waals surface area contributed by atoms with Crippen LogP contribution in [0.15, 0.2) is 0 Å². The Labute approximate surface area is 606 Å². The van der Waals surface area contributed by atoms with Gasteiger partial charge in [-0.05, 0) is 46.5 Å². The molecule has 0 spiro atoms. The molecule has 30 atom stereocenters. The Morgan fingerprint density at radius 1 is 0.358 bits per heavy atom. The van der Waals surface area contributed by atoms with E-state index in [2.05, 4.69) is 37.7 Å². The zero-order chi connectivity index (χ0) is 79.7. The van der Waals surface area contributed by atoms with Crippen LogP contribution < -0.4 is 60.2 Å². The van der Waals surface area contributed by atoms with Gasteiger partial charge in [0.05, 0.1) is 56.3 Å². The molecule has 0 bridgehead atoms. The SMILES string of the molecule is CO[C@@H]1C(C(=O)NNC(=O)CCCCC(=O)NN)O[C@@H](O[C@H]2C(O)C(CO)O[C@@H](C)C2NC(C)=O)C(O)[C@H]1O.CO[C@@H]1C(C(=O)NNC(=O)CCCCC(=O)NN)O[C@@H](O[C@H]2C(O)C(CO)O[C@@H](C)C2NC(C)=O)C(O)[C@H]1O.CO[C@@H]1C(C(=O)O)O[C@@H](O[C@H]2C(O)C(CO)O[C@@H](C)C2NC(C)=O)C(O)[C@H]1O. The van der Waals surface area contributed by atoms with Crippen molar-refractivity contribution in [1.82, 2.24) is 48.5 Å². The van der Waals surface area contributed by atoms with Crippen molar-refractivity contribution in [3.63, 3.8) is 0 Å². The van der Waals surface area contributed by atoms with Crippen molar-refractivity contribution in [1.29, 1.82) is 0 Å². The highest BCUT2D eigenvalue weighted by Gasteiger charge is 2.56. The molecule has 0 saturated carbocycles. The summed E-state index contributed by atoms with van der Waals surface area (Å²) in [5, 5.41) is 141. The minimum Gasteiger partial charge on any atom is -0.479 e. The first kappa shape index (κ1) is 92.0. The number of carboxylic acids is 1. The van der Waals surface area contributed by atoms with Crippen LogP contribution in [0.2, 0.25) is 0 Å². The maximum absolute atomic E-state index is 12.8. The number of aliphatic hydroxyl groups excluding tert-OH is 12. The van der Waals surface area contributed by atoms with E-state index in [1.807, 2.05) is 10.9 Å². The lowest BCUT2D eigenvalue weighted by Gasteiger charge is -2.47. The number of unbranched alkanes of at least 4 members (excludes halogenated alkanes) is 2. The van der Waals surface area contributed by atoms with Crippen molar-refractivity contribution in [3.05, 3.63) is 0 Å². The summed E-state index contributed by atoms with van der Waals surface area (Å²) < 4.78 is 65.4. The molecule has 6 heterocycles. The van der Waals surface area contributed by atoms with Gasteiger partial charge in [-0.3, -0.25) is 75.7 Å². The van der Waals surface area contributed by atoms with Gasteiger partial charge in [0.15, 0.2) is 37.2 Å². The van der Waals surface area contributed by atoms with Gasteiger partial charge in [0.25, 0.3) is 11.8 Å². The molecule has 46 heteroatoms. The van der Waals surface area contributed by atoms with Gasteiger partial charge < -0.3 is 139 Å². The van der Waals surface area contributed by atoms with E-state index >= 15 is 0 Å². The molecule has 0 aliphatic carbocycles. The van der Waals surface area contributed by atoms with Crippen LogP contribution in [0.3, 0.4) is 0 Å². The van der Waals surface area contributed by atoms with Crippen molar-refractivity contribution in [2.75, 3.05) is 41.2 Å². The molecule has 0 aromatic heterocycles. The molecule has 106 heavy (non-hydrogen) atoms. The number of rotatable bonds is 28. The van der Waals surface area contributed by atoms with E-state index in [9.17, 15) is 114 Å². The fourth-order valence-corrected chi connectivity index (χ4v) is 12.2. The smallest absolute Gasteiger partial charge is 0.335 e. The summed E-state index contributed by atoms with van der Waals surface area (Å²) in [7, 11) is 3.50. The number of carbonyl (C=O) groups excluding carboxylic acids is 9. The highest BCUT2D eigenvalue weighted by Crippen LogP contribution is 2.34. The molecular weight excluding hydrogens is 1430 g/mol. The number of carboxylic acid groups (broad SMARTS) is 1. The number of methoxy groups -OCH3 is 3. The standard InChI is InChI=1S/2C22H39N5O12.C16H27NO11/c2*1-9-14(24-10(2)29)18(15(32)11(8-28)37-9)38-22-17(34)16(33)19(36-3)20(39-22)21(35)27-26-13(31)7-5-4-6-12(30)25-23;1-5-8(17-6(2)19)12(9(20)7(4-18)26-5)27-16-11(22)10(21)13(25-3)14(28-16)15(23)24/h2*9,11,14-20,22,28,32-34H,4-8,23H2,1-3H3,(H,24,29)(H,25,30)(H,26,31)(H,27,35);5,7-14,16,18,20-22H,4H2,1-3H3,(H,17,19)(H,23,24)/t2*9-,11?,14?,15?,16+,17?,18+,19-,20?,22+;5-,7?,8?,9?,10+,11?,12+,13-,14?,16+/m000/s1. The second kappa shape index (κ2) is 44.4. The second-order valence-electron chi connectivity index (χ2n) is 25.4. The number of aliphatic hydroxyl groups is 12. The molecule has 6 aliphatic heterocycles. The fourth-order valence-electron chi connectivity index (χ4n) is 12.2. The van der Waals surface area contributed by atoms with Gasteiger partial charge in [-0.15, -0.1) is 0 Å². The van der Waals surface area contributed by atoms with E-state index in [1.165, 1.54) is 35.0 Å². The lowest BCUT2D eigenvalue weighted by molar-refractivity contribution is -0.327. The van der Waals surface area contributed by atoms with Crippen LogP contribution in [0.5, 0.6) is 0 Å². The van der Waals surface area contributed by atoms with E-state index in [0.717, 1.165) is 7.11 Å². The summed E-state index contributed by atoms with van der Waals surface area (Å²) in [4.78, 5) is 118. The average molecular weight is 1540 g/mol. The minimum atomic E-state index is -1.75. The Kier molecular flexibility index (Phi) is 38.5. The third-order valence-electron chi connectivity index (χ3n) is 17.7. The number of hydrogen-bond donors (Lipinski definition) is 24. The molecule has 6 aliphatic rings. The molecule has 6 fully saturated rings. The first-order valence-corrected chi connectivity index (χ1v) is 33.6. The molecule has 15 unspecified atom stereocenters. The molecule has 9 amide bonds. The zero-order valence-corrected chi connectivity index (χ0v) is 59.5. The average Bonchev–Trinajstić information content (AvgIpc) is 0.786. The van der Waals surface area contributed by atoms with Crippen molar-refractivity contribution in [3.8, 4) is 0 Å². The zero-order valence-electron chi connectivity index (χ0n) is 59.5. The van der Waals surface area contributed by atoms with Gasteiger partial charge >= 0.3 is 5.97 Å². The Bertz CT molecular complexity index is 2700. The number of carbonyl (C=O) groups is 10. The molecule has 0 aromatic rings. The van der Waals surface area contributed by atoms with Gasteiger partial charge in [-0.25, -0.2) is 16.5 Å². The van der Waals surface area contributed by atoms with E-state index in [-0.39, 0.29) is 37.5 Å². The summed E-state index contributed by atoms with van der Waals surface area (Å²) in [6.45, 7) is 6.75. The highest BCUT2D eigenvalue weighted by molar-refractivity contribution is 5.86. The second-order valence-corrected chi connectivity index (χ2v) is 25.4. The van der Waals surface area contributed by atoms with Crippen LogP contribution in [0.25, 0.3) is 0 Å². The number of ether oxygens (including phenoxy) is 12. The van der Waals surface area contributed by atoms with Crippen molar-refractivity contribution in [2.45, 2.75) is 276 Å². The van der Waals surface area contributed by atoms with E-state index < -0.39 is 251 Å². The predicted octanol–water partition coefficient (Wildman–Crippen LogP) is -13.1. The number of nitrogens with two attached hydrogens (primary N) is 2. The summed E-state index contributed by atoms with van der Waals surface area (Å²) >= 11 is 0. The largest absolute Gasteiger partial charge is 0.479 e. The van der Waals surface area contributed by atoms with Crippen LogP contribution in [0.4, 0.5) is 0 Å².